The van der Waals surface area contributed by atoms with Crippen LogP contribution < -0.4 is 4.90 Å². The Balaban J connectivity index is 1.15. The van der Waals surface area contributed by atoms with Gasteiger partial charge >= 0.3 is 0 Å². The number of para-hydroxylation sites is 3. The third kappa shape index (κ3) is 5.20. The number of nitriles is 2. The van der Waals surface area contributed by atoms with Gasteiger partial charge in [-0.25, -0.2) is 9.97 Å². The fraction of sp³-hybridized carbons (Fsp3) is 0. The molecule has 52 heavy (non-hydrogen) atoms. The smallest absolute Gasteiger partial charge is 0.160 e. The molecule has 2 heterocycles. The monoisotopic (exact) mass is 664 g/mol. The molecular weight excluding hydrogens is 637 g/mol. The van der Waals surface area contributed by atoms with Gasteiger partial charge in [0.05, 0.1) is 33.4 Å². The van der Waals surface area contributed by atoms with Gasteiger partial charge in [-0.2, -0.15) is 10.5 Å². The summed E-state index contributed by atoms with van der Waals surface area (Å²) in [6.07, 6.45) is 0. The molecule has 6 heteroatoms. The van der Waals surface area contributed by atoms with Crippen molar-refractivity contribution in [2.45, 2.75) is 0 Å². The minimum Gasteiger partial charge on any atom is -0.311 e. The lowest BCUT2D eigenvalue weighted by Gasteiger charge is -2.26. The molecule has 9 aromatic rings. The largest absolute Gasteiger partial charge is 0.311 e. The van der Waals surface area contributed by atoms with Crippen molar-refractivity contribution in [2.24, 2.45) is 0 Å². The van der Waals surface area contributed by atoms with Gasteiger partial charge in [0.15, 0.2) is 5.82 Å². The zero-order valence-corrected chi connectivity index (χ0v) is 27.8. The molecule has 0 saturated carbocycles. The van der Waals surface area contributed by atoms with Crippen molar-refractivity contribution >= 4 is 49.8 Å². The Kier molecular flexibility index (Phi) is 7.47. The Morgan fingerprint density at radius 3 is 1.60 bits per heavy atom. The van der Waals surface area contributed by atoms with Gasteiger partial charge in [-0.1, -0.05) is 97.1 Å². The van der Waals surface area contributed by atoms with Crippen molar-refractivity contribution in [3.05, 3.63) is 181 Å². The summed E-state index contributed by atoms with van der Waals surface area (Å²) in [5.41, 5.74) is 10.1. The molecule has 0 amide bonds. The van der Waals surface area contributed by atoms with Gasteiger partial charge in [0.2, 0.25) is 0 Å². The highest BCUT2D eigenvalue weighted by Gasteiger charge is 2.18. The standard InChI is InChI=1S/C46H28N6/c47-29-33-27-41-42(28-34(33)30-48)49-46(32-11-3-1-4-12-32)50-45(41)31-19-21-36(22-20-31)51(35-13-5-2-6-14-35)37-23-25-38(26-24-37)52-43-17-9-7-15-39(43)40-16-8-10-18-44(40)52/h1-28H. The van der Waals surface area contributed by atoms with Crippen molar-refractivity contribution in [1.82, 2.24) is 14.5 Å². The Labute approximate surface area is 300 Å². The second kappa shape index (κ2) is 12.7. The first-order valence-electron chi connectivity index (χ1n) is 17.0. The number of anilines is 3. The lowest BCUT2D eigenvalue weighted by molar-refractivity contribution is 1.17. The van der Waals surface area contributed by atoms with Gasteiger partial charge in [0.25, 0.3) is 0 Å². The van der Waals surface area contributed by atoms with E-state index in [1.807, 2.05) is 48.5 Å². The van der Waals surface area contributed by atoms with E-state index in [4.69, 9.17) is 9.97 Å². The topological polar surface area (TPSA) is 81.5 Å². The second-order valence-corrected chi connectivity index (χ2v) is 12.5. The zero-order valence-electron chi connectivity index (χ0n) is 27.8. The number of hydrogen-bond donors (Lipinski definition) is 0. The van der Waals surface area contributed by atoms with Crippen LogP contribution in [0.1, 0.15) is 11.1 Å². The number of benzene rings is 7. The third-order valence-electron chi connectivity index (χ3n) is 9.47. The summed E-state index contributed by atoms with van der Waals surface area (Å²) in [4.78, 5) is 12.1. The first kappa shape index (κ1) is 30.5. The van der Waals surface area contributed by atoms with Crippen molar-refractivity contribution in [2.75, 3.05) is 4.90 Å². The average molecular weight is 665 g/mol. The van der Waals surface area contributed by atoms with Crippen LogP contribution in [0.3, 0.4) is 0 Å². The minimum atomic E-state index is 0.289. The van der Waals surface area contributed by atoms with Gasteiger partial charge in [-0.3, -0.25) is 0 Å². The summed E-state index contributed by atoms with van der Waals surface area (Å²) in [7, 11) is 0. The zero-order chi connectivity index (χ0) is 35.0. The molecule has 0 unspecified atom stereocenters. The van der Waals surface area contributed by atoms with E-state index in [1.165, 1.54) is 21.8 Å². The highest BCUT2D eigenvalue weighted by molar-refractivity contribution is 6.09. The molecule has 0 aliphatic rings. The Morgan fingerprint density at radius 2 is 0.981 bits per heavy atom. The summed E-state index contributed by atoms with van der Waals surface area (Å²) in [6, 6.07) is 61.9. The molecule has 7 aromatic carbocycles. The third-order valence-corrected chi connectivity index (χ3v) is 9.47. The quantitative estimate of drug-likeness (QED) is 0.177. The Bertz CT molecular complexity index is 2790. The predicted octanol–water partition coefficient (Wildman–Crippen LogP) is 11.3. The van der Waals surface area contributed by atoms with Crippen LogP contribution in [0.15, 0.2) is 170 Å². The normalized spacial score (nSPS) is 11.0. The molecule has 9 rings (SSSR count). The van der Waals surface area contributed by atoms with Gasteiger partial charge in [-0.15, -0.1) is 0 Å². The van der Waals surface area contributed by atoms with Crippen molar-refractivity contribution in [1.29, 1.82) is 10.5 Å². The summed E-state index contributed by atoms with van der Waals surface area (Å²) in [5.74, 6) is 0.551. The van der Waals surface area contributed by atoms with E-state index in [2.05, 4.69) is 131 Å². The van der Waals surface area contributed by atoms with Gasteiger partial charge in [0.1, 0.15) is 12.1 Å². The molecule has 0 aliphatic heterocycles. The van der Waals surface area contributed by atoms with Gasteiger partial charge < -0.3 is 9.47 Å². The van der Waals surface area contributed by atoms with E-state index in [1.54, 1.807) is 12.1 Å². The molecule has 0 bridgehead atoms. The number of nitrogens with zero attached hydrogens (tertiary/aromatic N) is 6. The summed E-state index contributed by atoms with van der Waals surface area (Å²) >= 11 is 0. The van der Waals surface area contributed by atoms with Crippen molar-refractivity contribution < 1.29 is 0 Å². The SMILES string of the molecule is N#Cc1cc2nc(-c3ccccc3)nc(-c3ccc(N(c4ccccc4)c4ccc(-n5c6ccccc6c6ccccc65)cc4)cc3)c2cc1C#N. The van der Waals surface area contributed by atoms with E-state index in [-0.39, 0.29) is 5.56 Å². The van der Waals surface area contributed by atoms with Crippen LogP contribution in [0.5, 0.6) is 0 Å². The number of hydrogen-bond acceptors (Lipinski definition) is 5. The van der Waals surface area contributed by atoms with E-state index in [0.29, 0.717) is 28.0 Å². The van der Waals surface area contributed by atoms with Crippen LogP contribution in [0.4, 0.5) is 17.1 Å². The van der Waals surface area contributed by atoms with Crippen molar-refractivity contribution in [3.8, 4) is 40.5 Å². The number of fused-ring (bicyclic) bond motifs is 4. The number of rotatable bonds is 6. The maximum Gasteiger partial charge on any atom is 0.160 e. The molecule has 0 radical (unpaired) electrons. The van der Waals surface area contributed by atoms with Gasteiger partial charge in [0, 0.05) is 50.0 Å². The molecule has 2 aromatic heterocycles. The first-order chi connectivity index (χ1) is 25.7. The van der Waals surface area contributed by atoms with Crippen LogP contribution >= 0.6 is 0 Å². The highest BCUT2D eigenvalue weighted by Crippen LogP contribution is 2.38. The fourth-order valence-electron chi connectivity index (χ4n) is 7.04. The minimum absolute atomic E-state index is 0.289. The molecule has 6 nitrogen and oxygen atoms in total. The highest BCUT2D eigenvalue weighted by atomic mass is 15.1. The van der Waals surface area contributed by atoms with E-state index in [9.17, 15) is 10.5 Å². The molecule has 242 valence electrons. The van der Waals surface area contributed by atoms with Crippen molar-refractivity contribution in [3.63, 3.8) is 0 Å². The lowest BCUT2D eigenvalue weighted by Crippen LogP contribution is -2.10. The van der Waals surface area contributed by atoms with Crippen LogP contribution in [0.25, 0.3) is 61.0 Å². The van der Waals surface area contributed by atoms with Crippen LogP contribution in [-0.4, -0.2) is 14.5 Å². The molecule has 0 fully saturated rings. The Morgan fingerprint density at radius 1 is 0.462 bits per heavy atom. The Hall–Kier alpha value is -7.54. The fourth-order valence-corrected chi connectivity index (χ4v) is 7.04. The molecule has 0 N–H and O–H groups in total. The molecule has 0 saturated heterocycles. The van der Waals surface area contributed by atoms with E-state index >= 15 is 0 Å². The van der Waals surface area contributed by atoms with E-state index in [0.717, 1.165) is 33.9 Å². The summed E-state index contributed by atoms with van der Waals surface area (Å²) < 4.78 is 2.32. The maximum atomic E-state index is 9.83. The van der Waals surface area contributed by atoms with E-state index < -0.39 is 0 Å². The van der Waals surface area contributed by atoms with Crippen LogP contribution in [0, 0.1) is 22.7 Å². The first-order valence-corrected chi connectivity index (χ1v) is 17.0. The maximum absolute atomic E-state index is 9.83. The van der Waals surface area contributed by atoms with Crippen LogP contribution in [0.2, 0.25) is 0 Å². The summed E-state index contributed by atoms with van der Waals surface area (Å²) in [5, 5.41) is 22.8. The van der Waals surface area contributed by atoms with Gasteiger partial charge in [-0.05, 0) is 72.8 Å². The second-order valence-electron chi connectivity index (χ2n) is 12.5. The molecule has 0 atom stereocenters. The molecule has 0 aliphatic carbocycles. The predicted molar refractivity (Wildman–Crippen MR) is 209 cm³/mol. The summed E-state index contributed by atoms with van der Waals surface area (Å²) in [6.45, 7) is 0. The molecular formula is C46H28N6. The average Bonchev–Trinajstić information content (AvgIpc) is 3.55. The number of aromatic nitrogens is 3. The molecule has 0 spiro atoms. The lowest BCUT2D eigenvalue weighted by atomic mass is 10.0. The van der Waals surface area contributed by atoms with Crippen LogP contribution in [-0.2, 0) is 0 Å².